The molecule has 12 aromatic rings. The summed E-state index contributed by atoms with van der Waals surface area (Å²) >= 11 is 0. The third-order valence-corrected chi connectivity index (χ3v) is 11.5. The molecule has 6 heteroatoms. The molecule has 0 spiro atoms. The molecule has 268 valence electrons. The SMILES string of the molecule is C=Nc1c(C(=NCc2ccc3c(c2)oc2ccccc23)n2c3ccccc3c3c4c5ccccc5n(-c5ccccc5)c4ccc32)oc2ccc3ccccc3c12. The topological polar surface area (TPSA) is 60.9 Å². The van der Waals surface area contributed by atoms with Crippen LogP contribution in [0.5, 0.6) is 0 Å². The van der Waals surface area contributed by atoms with E-state index in [0.717, 1.165) is 87.8 Å². The molecule has 57 heavy (non-hydrogen) atoms. The largest absolute Gasteiger partial charge is 0.456 e. The number of aromatic nitrogens is 2. The molecule has 8 aromatic carbocycles. The minimum Gasteiger partial charge on any atom is -0.456 e. The normalized spacial score (nSPS) is 12.5. The Morgan fingerprint density at radius 3 is 2.00 bits per heavy atom. The Balaban J connectivity index is 1.17. The van der Waals surface area contributed by atoms with Crippen molar-refractivity contribution in [2.24, 2.45) is 9.98 Å². The molecule has 0 fully saturated rings. The molecule has 4 heterocycles. The van der Waals surface area contributed by atoms with Crippen LogP contribution in [0.1, 0.15) is 11.3 Å². The van der Waals surface area contributed by atoms with E-state index >= 15 is 0 Å². The molecule has 0 saturated carbocycles. The van der Waals surface area contributed by atoms with Gasteiger partial charge in [-0.1, -0.05) is 115 Å². The number of hydrogen-bond acceptors (Lipinski definition) is 4. The molecule has 0 aliphatic rings. The number of benzene rings is 8. The maximum atomic E-state index is 6.89. The standard InChI is InChI=1S/C51H32N4O2/c1-52-49-48-34-16-6-5-13-32(34)24-28-44(48)57-50(49)51(53-30-31-23-25-36-35-17-9-12-22-43(35)56-45(36)29-31)55-40-21-11-8-19-38(40)47-42(55)27-26-41-46(47)37-18-7-10-20-39(37)54(41)33-14-3-2-4-15-33/h2-29H,1,30H2. The highest BCUT2D eigenvalue weighted by Gasteiger charge is 2.27. The lowest BCUT2D eigenvalue weighted by Crippen LogP contribution is -2.13. The van der Waals surface area contributed by atoms with Gasteiger partial charge in [-0.05, 0) is 77.7 Å². The maximum Gasteiger partial charge on any atom is 0.196 e. The maximum absolute atomic E-state index is 6.89. The van der Waals surface area contributed by atoms with E-state index in [1.807, 2.05) is 24.3 Å². The monoisotopic (exact) mass is 732 g/mol. The summed E-state index contributed by atoms with van der Waals surface area (Å²) in [6, 6.07) is 59.3. The highest BCUT2D eigenvalue weighted by molar-refractivity contribution is 6.31. The van der Waals surface area contributed by atoms with Gasteiger partial charge in [0.1, 0.15) is 22.4 Å². The number of para-hydroxylation sites is 4. The fourth-order valence-electron chi connectivity index (χ4n) is 9.04. The van der Waals surface area contributed by atoms with Crippen LogP contribution in [-0.4, -0.2) is 21.7 Å². The molecule has 12 rings (SSSR count). The molecule has 0 amide bonds. The second kappa shape index (κ2) is 12.2. The number of aliphatic imine (C=N–C) groups is 2. The van der Waals surface area contributed by atoms with Crippen molar-refractivity contribution in [1.82, 2.24) is 9.13 Å². The summed E-state index contributed by atoms with van der Waals surface area (Å²) in [5.74, 6) is 1.22. The molecule has 6 nitrogen and oxygen atoms in total. The third-order valence-electron chi connectivity index (χ3n) is 11.5. The van der Waals surface area contributed by atoms with Crippen LogP contribution in [-0.2, 0) is 6.54 Å². The van der Waals surface area contributed by atoms with Crippen molar-refractivity contribution in [3.8, 4) is 5.69 Å². The molecular weight excluding hydrogens is 701 g/mol. The fourth-order valence-corrected chi connectivity index (χ4v) is 9.04. The highest BCUT2D eigenvalue weighted by Crippen LogP contribution is 2.44. The quantitative estimate of drug-likeness (QED) is 0.131. The van der Waals surface area contributed by atoms with E-state index in [4.69, 9.17) is 18.8 Å². The molecule has 0 aliphatic heterocycles. The van der Waals surface area contributed by atoms with Crippen LogP contribution in [0.4, 0.5) is 5.69 Å². The van der Waals surface area contributed by atoms with E-state index in [0.29, 0.717) is 23.8 Å². The van der Waals surface area contributed by atoms with Gasteiger partial charge in [-0.3, -0.25) is 14.6 Å². The second-order valence-electron chi connectivity index (χ2n) is 14.6. The molecule has 0 N–H and O–H groups in total. The molecule has 0 unspecified atom stereocenters. The Bertz CT molecular complexity index is 3630. The lowest BCUT2D eigenvalue weighted by molar-refractivity contribution is 0.602. The van der Waals surface area contributed by atoms with Gasteiger partial charge >= 0.3 is 0 Å². The van der Waals surface area contributed by atoms with Gasteiger partial charge in [0.05, 0.1) is 34.0 Å². The van der Waals surface area contributed by atoms with E-state index < -0.39 is 0 Å². The Morgan fingerprint density at radius 1 is 0.491 bits per heavy atom. The first kappa shape index (κ1) is 31.6. The molecule has 0 radical (unpaired) electrons. The summed E-state index contributed by atoms with van der Waals surface area (Å²) in [6.07, 6.45) is 0. The number of hydrogen-bond donors (Lipinski definition) is 0. The highest BCUT2D eigenvalue weighted by atomic mass is 16.3. The van der Waals surface area contributed by atoms with Gasteiger partial charge in [-0.2, -0.15) is 0 Å². The summed E-state index contributed by atoms with van der Waals surface area (Å²) in [7, 11) is 0. The van der Waals surface area contributed by atoms with E-state index in [1.54, 1.807) is 0 Å². The van der Waals surface area contributed by atoms with Crippen molar-refractivity contribution in [2.45, 2.75) is 6.54 Å². The summed E-state index contributed by atoms with van der Waals surface area (Å²) in [6.45, 7) is 4.47. The predicted octanol–water partition coefficient (Wildman–Crippen LogP) is 13.5. The zero-order valence-corrected chi connectivity index (χ0v) is 30.7. The van der Waals surface area contributed by atoms with E-state index in [-0.39, 0.29) is 0 Å². The minimum atomic E-state index is 0.375. The molecular formula is C51H32N4O2. The van der Waals surface area contributed by atoms with Crippen LogP contribution in [0, 0.1) is 0 Å². The number of nitrogens with zero attached hydrogens (tertiary/aromatic N) is 4. The Kier molecular flexibility index (Phi) is 6.74. The summed E-state index contributed by atoms with van der Waals surface area (Å²) in [4.78, 5) is 10.2. The first-order valence-corrected chi connectivity index (χ1v) is 19.1. The summed E-state index contributed by atoms with van der Waals surface area (Å²) in [5.41, 5.74) is 9.57. The third kappa shape index (κ3) is 4.58. The Morgan fingerprint density at radius 2 is 1.16 bits per heavy atom. The zero-order valence-electron chi connectivity index (χ0n) is 30.7. The van der Waals surface area contributed by atoms with E-state index in [1.165, 1.54) is 10.8 Å². The van der Waals surface area contributed by atoms with Gasteiger partial charge in [-0.25, -0.2) is 0 Å². The van der Waals surface area contributed by atoms with Crippen molar-refractivity contribution < 1.29 is 8.83 Å². The lowest BCUT2D eigenvalue weighted by atomic mass is 10.1. The molecule has 0 saturated heterocycles. The van der Waals surface area contributed by atoms with Gasteiger partial charge in [0.15, 0.2) is 11.6 Å². The first-order chi connectivity index (χ1) is 28.2. The zero-order chi connectivity index (χ0) is 37.6. The Hall–Kier alpha value is -7.70. The second-order valence-corrected chi connectivity index (χ2v) is 14.6. The first-order valence-electron chi connectivity index (χ1n) is 19.1. The predicted molar refractivity (Wildman–Crippen MR) is 236 cm³/mol. The minimum absolute atomic E-state index is 0.375. The average Bonchev–Trinajstić information content (AvgIpc) is 4.02. The van der Waals surface area contributed by atoms with Crippen LogP contribution >= 0.6 is 0 Å². The van der Waals surface area contributed by atoms with Gasteiger partial charge in [0.25, 0.3) is 0 Å². The van der Waals surface area contributed by atoms with Crippen molar-refractivity contribution in [1.29, 1.82) is 0 Å². The number of furan rings is 2. The van der Waals surface area contributed by atoms with Gasteiger partial charge in [0, 0.05) is 38.0 Å². The van der Waals surface area contributed by atoms with Gasteiger partial charge in [-0.15, -0.1) is 0 Å². The van der Waals surface area contributed by atoms with Crippen LogP contribution in [0.25, 0.3) is 93.0 Å². The summed E-state index contributed by atoms with van der Waals surface area (Å²) < 4.78 is 17.8. The van der Waals surface area contributed by atoms with E-state index in [2.05, 4.69) is 161 Å². The van der Waals surface area contributed by atoms with Crippen LogP contribution in [0.15, 0.2) is 189 Å². The Labute approximate surface area is 325 Å². The average molecular weight is 733 g/mol. The van der Waals surface area contributed by atoms with Crippen molar-refractivity contribution in [3.63, 3.8) is 0 Å². The van der Waals surface area contributed by atoms with Crippen molar-refractivity contribution >= 4 is 106 Å². The van der Waals surface area contributed by atoms with Crippen LogP contribution in [0.2, 0.25) is 0 Å². The molecule has 0 aliphatic carbocycles. The lowest BCUT2D eigenvalue weighted by Gasteiger charge is -2.12. The fraction of sp³-hybridized carbons (Fsp3) is 0.0196. The van der Waals surface area contributed by atoms with Crippen LogP contribution < -0.4 is 0 Å². The molecule has 0 atom stereocenters. The molecule has 0 bridgehead atoms. The number of fused-ring (bicyclic) bond motifs is 13. The smallest absolute Gasteiger partial charge is 0.196 e. The van der Waals surface area contributed by atoms with Crippen molar-refractivity contribution in [2.75, 3.05) is 0 Å². The van der Waals surface area contributed by atoms with Gasteiger partial charge < -0.3 is 13.4 Å². The molecule has 4 aromatic heterocycles. The number of rotatable bonds is 5. The van der Waals surface area contributed by atoms with Crippen LogP contribution in [0.3, 0.4) is 0 Å². The van der Waals surface area contributed by atoms with E-state index in [9.17, 15) is 0 Å². The van der Waals surface area contributed by atoms with Gasteiger partial charge in [0.2, 0.25) is 0 Å². The summed E-state index contributed by atoms with van der Waals surface area (Å²) in [5, 5.41) is 9.92. The van der Waals surface area contributed by atoms with Crippen molar-refractivity contribution in [3.05, 3.63) is 181 Å².